The fourth-order valence-corrected chi connectivity index (χ4v) is 5.23. The quantitative estimate of drug-likeness (QED) is 0.545. The zero-order chi connectivity index (χ0) is 19.3. The van der Waals surface area contributed by atoms with E-state index in [1.165, 1.54) is 22.3 Å². The van der Waals surface area contributed by atoms with Crippen molar-refractivity contribution in [3.63, 3.8) is 0 Å². The average molecular weight is 405 g/mol. The molecule has 0 spiro atoms. The predicted octanol–water partition coefficient (Wildman–Crippen LogP) is 2.52. The van der Waals surface area contributed by atoms with Gasteiger partial charge in [0, 0.05) is 16.6 Å². The zero-order valence-corrected chi connectivity index (χ0v) is 16.1. The first kappa shape index (κ1) is 19.3. The Balaban J connectivity index is 1.67. The van der Waals surface area contributed by atoms with Gasteiger partial charge in [-0.15, -0.1) is 11.3 Å². The molecule has 0 saturated carbocycles. The smallest absolute Gasteiger partial charge is 0.331 e. The first-order chi connectivity index (χ1) is 12.9. The third kappa shape index (κ3) is 5.27. The van der Waals surface area contributed by atoms with E-state index in [1.807, 2.05) is 23.6 Å². The number of hydrogen-bond donors (Lipinski definition) is 0. The lowest BCUT2D eigenvalue weighted by Gasteiger charge is -2.28. The molecule has 8 heteroatoms. The molecular weight excluding hydrogens is 386 g/mol. The molecule has 1 aliphatic rings. The number of carbonyl (C=O) groups is 2. The Morgan fingerprint density at radius 3 is 2.59 bits per heavy atom. The monoisotopic (exact) mass is 405 g/mol. The summed E-state index contributed by atoms with van der Waals surface area (Å²) in [4.78, 5) is 26.9. The summed E-state index contributed by atoms with van der Waals surface area (Å²) in [5, 5.41) is 1.89. The molecule has 1 amide bonds. The van der Waals surface area contributed by atoms with Gasteiger partial charge in [0.05, 0.1) is 17.5 Å². The van der Waals surface area contributed by atoms with E-state index in [4.69, 9.17) is 4.74 Å². The summed E-state index contributed by atoms with van der Waals surface area (Å²) in [6, 6.07) is 12.1. The minimum absolute atomic E-state index is 0.0532. The van der Waals surface area contributed by atoms with E-state index < -0.39 is 34.4 Å². The second-order valence-corrected chi connectivity index (χ2v) is 9.32. The molecule has 1 aromatic carbocycles. The molecule has 3 rings (SSSR count). The molecule has 2 heterocycles. The number of esters is 1. The second kappa shape index (κ2) is 8.49. The van der Waals surface area contributed by atoms with Crippen molar-refractivity contribution in [1.82, 2.24) is 0 Å². The number of amides is 1. The molecule has 1 saturated heterocycles. The standard InChI is InChI=1S/C19H19NO5S2/c21-18(13-25-19(22)9-8-17-7-4-11-26-17)20(15-5-2-1-3-6-15)16-10-12-27(23,24)14-16/h1-9,11,16H,10,12-14H2/b9-8+/t16-/m0/s1. The van der Waals surface area contributed by atoms with Gasteiger partial charge in [0.1, 0.15) is 0 Å². The molecule has 142 valence electrons. The van der Waals surface area contributed by atoms with E-state index in [0.717, 1.165) is 4.88 Å². The van der Waals surface area contributed by atoms with E-state index in [1.54, 1.807) is 30.3 Å². The van der Waals surface area contributed by atoms with Crippen LogP contribution in [0.2, 0.25) is 0 Å². The highest BCUT2D eigenvalue weighted by Crippen LogP contribution is 2.24. The van der Waals surface area contributed by atoms with Crippen LogP contribution in [0.25, 0.3) is 6.08 Å². The summed E-state index contributed by atoms with van der Waals surface area (Å²) in [5.41, 5.74) is 0.592. The van der Waals surface area contributed by atoms with E-state index in [-0.39, 0.29) is 11.5 Å². The van der Waals surface area contributed by atoms with Crippen molar-refractivity contribution in [3.8, 4) is 0 Å². The summed E-state index contributed by atoms with van der Waals surface area (Å²) in [6.07, 6.45) is 3.26. The maximum absolute atomic E-state index is 12.7. The summed E-state index contributed by atoms with van der Waals surface area (Å²) < 4.78 is 28.7. The van der Waals surface area contributed by atoms with E-state index >= 15 is 0 Å². The fourth-order valence-electron chi connectivity index (χ4n) is 2.91. The first-order valence-corrected chi connectivity index (χ1v) is 11.1. The SMILES string of the molecule is O=C(/C=C/c1cccs1)OCC(=O)N(c1ccccc1)[C@H]1CCS(=O)(=O)C1. The summed E-state index contributed by atoms with van der Waals surface area (Å²) >= 11 is 1.48. The molecule has 0 unspecified atom stereocenters. The van der Waals surface area contributed by atoms with Crippen LogP contribution in [-0.4, -0.2) is 44.4 Å². The third-order valence-electron chi connectivity index (χ3n) is 4.14. The number of para-hydroxylation sites is 1. The minimum Gasteiger partial charge on any atom is -0.452 e. The molecule has 1 aromatic heterocycles. The van der Waals surface area contributed by atoms with Crippen LogP contribution < -0.4 is 4.90 Å². The number of rotatable bonds is 6. The van der Waals surface area contributed by atoms with Crippen LogP contribution in [0.5, 0.6) is 0 Å². The van der Waals surface area contributed by atoms with Crippen molar-refractivity contribution >= 4 is 44.8 Å². The van der Waals surface area contributed by atoms with Crippen molar-refractivity contribution in [2.45, 2.75) is 12.5 Å². The number of ether oxygens (including phenoxy) is 1. The molecule has 0 radical (unpaired) electrons. The fraction of sp³-hybridized carbons (Fsp3) is 0.263. The van der Waals surface area contributed by atoms with Gasteiger partial charge in [-0.3, -0.25) is 4.79 Å². The van der Waals surface area contributed by atoms with Crippen molar-refractivity contribution in [1.29, 1.82) is 0 Å². The molecule has 1 aliphatic heterocycles. The predicted molar refractivity (Wildman–Crippen MR) is 105 cm³/mol. The highest BCUT2D eigenvalue weighted by atomic mass is 32.2. The van der Waals surface area contributed by atoms with Gasteiger partial charge >= 0.3 is 5.97 Å². The third-order valence-corrected chi connectivity index (χ3v) is 6.73. The second-order valence-electron chi connectivity index (χ2n) is 6.11. The maximum Gasteiger partial charge on any atom is 0.331 e. The van der Waals surface area contributed by atoms with Gasteiger partial charge in [-0.1, -0.05) is 24.3 Å². The van der Waals surface area contributed by atoms with E-state index in [0.29, 0.717) is 12.1 Å². The Kier molecular flexibility index (Phi) is 6.08. The molecule has 27 heavy (non-hydrogen) atoms. The number of sulfone groups is 1. The van der Waals surface area contributed by atoms with Crippen LogP contribution in [-0.2, 0) is 24.2 Å². The van der Waals surface area contributed by atoms with Crippen molar-refractivity contribution in [2.75, 3.05) is 23.0 Å². The van der Waals surface area contributed by atoms with Gasteiger partial charge < -0.3 is 9.64 Å². The Labute approximate surface area is 162 Å². The molecule has 0 N–H and O–H groups in total. The maximum atomic E-state index is 12.7. The molecule has 0 bridgehead atoms. The summed E-state index contributed by atoms with van der Waals surface area (Å²) in [6.45, 7) is -0.445. The molecular formula is C19H19NO5S2. The van der Waals surface area contributed by atoms with Gasteiger partial charge in [0.15, 0.2) is 16.4 Å². The van der Waals surface area contributed by atoms with Crippen molar-refractivity contribution < 1.29 is 22.7 Å². The highest BCUT2D eigenvalue weighted by Gasteiger charge is 2.35. The van der Waals surface area contributed by atoms with Gasteiger partial charge in [-0.2, -0.15) is 0 Å². The number of anilines is 1. The number of hydrogen-bond acceptors (Lipinski definition) is 6. The Bertz CT molecular complexity index is 920. The normalized spacial score (nSPS) is 18.4. The highest BCUT2D eigenvalue weighted by molar-refractivity contribution is 7.91. The van der Waals surface area contributed by atoms with Crippen molar-refractivity contribution in [2.24, 2.45) is 0 Å². The van der Waals surface area contributed by atoms with Crippen LogP contribution in [0.4, 0.5) is 5.69 Å². The average Bonchev–Trinajstić information content (AvgIpc) is 3.29. The van der Waals surface area contributed by atoms with Crippen molar-refractivity contribution in [3.05, 3.63) is 58.8 Å². The van der Waals surface area contributed by atoms with Gasteiger partial charge in [-0.25, -0.2) is 13.2 Å². The minimum atomic E-state index is -3.16. The molecule has 6 nitrogen and oxygen atoms in total. The van der Waals surface area contributed by atoms with Crippen LogP contribution >= 0.6 is 11.3 Å². The Morgan fingerprint density at radius 1 is 1.19 bits per heavy atom. The first-order valence-electron chi connectivity index (χ1n) is 8.40. The topological polar surface area (TPSA) is 80.8 Å². The van der Waals surface area contributed by atoms with Crippen LogP contribution in [0, 0.1) is 0 Å². The molecule has 0 aliphatic carbocycles. The molecule has 1 atom stereocenters. The molecule has 2 aromatic rings. The number of carbonyl (C=O) groups excluding carboxylic acids is 2. The van der Waals surface area contributed by atoms with Gasteiger partial charge in [-0.05, 0) is 36.1 Å². The van der Waals surface area contributed by atoms with Crippen LogP contribution in [0.1, 0.15) is 11.3 Å². The Morgan fingerprint density at radius 2 is 1.96 bits per heavy atom. The lowest BCUT2D eigenvalue weighted by molar-refractivity contribution is -0.143. The number of benzene rings is 1. The van der Waals surface area contributed by atoms with Crippen LogP contribution in [0.3, 0.4) is 0 Å². The number of thiophene rings is 1. The van der Waals surface area contributed by atoms with Gasteiger partial charge in [0.2, 0.25) is 0 Å². The lowest BCUT2D eigenvalue weighted by atomic mass is 10.2. The van der Waals surface area contributed by atoms with E-state index in [9.17, 15) is 18.0 Å². The van der Waals surface area contributed by atoms with Crippen LogP contribution in [0.15, 0.2) is 53.9 Å². The summed E-state index contributed by atoms with van der Waals surface area (Å²) in [7, 11) is -3.16. The lowest BCUT2D eigenvalue weighted by Crippen LogP contribution is -2.43. The summed E-state index contributed by atoms with van der Waals surface area (Å²) in [5.74, 6) is -1.10. The van der Waals surface area contributed by atoms with E-state index in [2.05, 4.69) is 0 Å². The van der Waals surface area contributed by atoms with Gasteiger partial charge in [0.25, 0.3) is 5.91 Å². The largest absolute Gasteiger partial charge is 0.452 e. The zero-order valence-electron chi connectivity index (χ0n) is 14.5. The molecule has 1 fully saturated rings. The number of nitrogens with zero attached hydrogens (tertiary/aromatic N) is 1. The Hall–Kier alpha value is -2.45.